The van der Waals surface area contributed by atoms with Crippen LogP contribution in [0, 0.1) is 5.92 Å². The van der Waals surface area contributed by atoms with Crippen molar-refractivity contribution in [2.75, 3.05) is 6.61 Å². The minimum atomic E-state index is -0.407. The van der Waals surface area contributed by atoms with E-state index in [4.69, 9.17) is 9.53 Å². The van der Waals surface area contributed by atoms with Crippen molar-refractivity contribution < 1.29 is 14.3 Å². The third-order valence-corrected chi connectivity index (χ3v) is 2.39. The Bertz CT molecular complexity index is 332. The molecular formula is C13H17O3+. The highest BCUT2D eigenvalue weighted by Gasteiger charge is 2.17. The molecule has 3 heteroatoms. The number of aldehydes is 1. The molecular weight excluding hydrogens is 204 g/mol. The van der Waals surface area contributed by atoms with E-state index in [1.54, 1.807) is 0 Å². The van der Waals surface area contributed by atoms with Crippen LogP contribution in [0.25, 0.3) is 0 Å². The Morgan fingerprint density at radius 1 is 1.44 bits per heavy atom. The maximum absolute atomic E-state index is 10.6. The van der Waals surface area contributed by atoms with Gasteiger partial charge in [-0.3, -0.25) is 4.79 Å². The van der Waals surface area contributed by atoms with Crippen LogP contribution in [0.5, 0.6) is 0 Å². The van der Waals surface area contributed by atoms with Crippen molar-refractivity contribution in [3.63, 3.8) is 0 Å². The van der Waals surface area contributed by atoms with Gasteiger partial charge >= 0.3 is 0 Å². The lowest BCUT2D eigenvalue weighted by Gasteiger charge is -2.05. The van der Waals surface area contributed by atoms with Gasteiger partial charge in [-0.2, -0.15) is 0 Å². The lowest BCUT2D eigenvalue weighted by Crippen LogP contribution is -2.15. The van der Waals surface area contributed by atoms with E-state index in [1.807, 2.05) is 30.3 Å². The molecule has 1 rings (SSSR count). The predicted octanol–water partition coefficient (Wildman–Crippen LogP) is 1.97. The van der Waals surface area contributed by atoms with Crippen LogP contribution >= 0.6 is 0 Å². The van der Waals surface area contributed by atoms with Gasteiger partial charge in [0.05, 0.1) is 6.61 Å². The number of hydrogen-bond donors (Lipinski definition) is 0. The Hall–Kier alpha value is -1.48. The summed E-state index contributed by atoms with van der Waals surface area (Å²) in [7, 11) is 0. The van der Waals surface area contributed by atoms with Gasteiger partial charge in [-0.15, -0.1) is 0 Å². The standard InChI is InChI=1S/C13H16O3/c1-11(15)13(9-14)7-8-16-10-12-5-3-2-4-6-12/h2-6,9,13H,7-8,10H2,1H3/p+1. The first-order chi connectivity index (χ1) is 7.74. The number of rotatable bonds is 7. The van der Waals surface area contributed by atoms with Gasteiger partial charge in [0.2, 0.25) is 0 Å². The van der Waals surface area contributed by atoms with E-state index in [9.17, 15) is 4.79 Å². The minimum Gasteiger partial charge on any atom is -0.377 e. The van der Waals surface area contributed by atoms with Crippen LogP contribution < -0.4 is 0 Å². The van der Waals surface area contributed by atoms with Crippen LogP contribution in [0.15, 0.2) is 30.3 Å². The van der Waals surface area contributed by atoms with Crippen LogP contribution in [-0.4, -0.2) is 23.5 Å². The van der Waals surface area contributed by atoms with Crippen molar-refractivity contribution in [3.05, 3.63) is 35.9 Å². The Morgan fingerprint density at radius 2 is 2.12 bits per heavy atom. The molecule has 1 N–H and O–H groups in total. The molecule has 0 bridgehead atoms. The van der Waals surface area contributed by atoms with E-state index in [1.165, 1.54) is 6.92 Å². The second-order valence-corrected chi connectivity index (χ2v) is 3.71. The van der Waals surface area contributed by atoms with Gasteiger partial charge in [0.15, 0.2) is 0 Å². The molecule has 0 radical (unpaired) electrons. The Kier molecular flexibility index (Phi) is 5.43. The lowest BCUT2D eigenvalue weighted by atomic mass is 10.0. The lowest BCUT2D eigenvalue weighted by molar-refractivity contribution is -0.110. The third kappa shape index (κ3) is 4.36. The van der Waals surface area contributed by atoms with E-state index >= 15 is 0 Å². The predicted molar refractivity (Wildman–Crippen MR) is 62.9 cm³/mol. The van der Waals surface area contributed by atoms with E-state index in [0.29, 0.717) is 19.6 Å². The van der Waals surface area contributed by atoms with Crippen LogP contribution in [0.1, 0.15) is 18.9 Å². The van der Waals surface area contributed by atoms with Gasteiger partial charge in [-0.05, 0) is 12.0 Å². The van der Waals surface area contributed by atoms with Crippen molar-refractivity contribution in [1.82, 2.24) is 0 Å². The second kappa shape index (κ2) is 6.90. The zero-order chi connectivity index (χ0) is 11.8. The summed E-state index contributed by atoms with van der Waals surface area (Å²) in [5.41, 5.74) is 1.11. The first-order valence-corrected chi connectivity index (χ1v) is 5.33. The van der Waals surface area contributed by atoms with Gasteiger partial charge < -0.3 is 9.53 Å². The molecule has 1 aromatic carbocycles. The maximum atomic E-state index is 10.6. The Morgan fingerprint density at radius 3 is 2.69 bits per heavy atom. The molecule has 1 unspecified atom stereocenters. The zero-order valence-corrected chi connectivity index (χ0v) is 9.43. The number of carbonyl (C=O) groups is 1. The SMILES string of the molecule is CC(=[OH+])C(C=O)CCOCc1ccccc1. The summed E-state index contributed by atoms with van der Waals surface area (Å²) in [6.45, 7) is 2.54. The molecule has 0 aliphatic carbocycles. The summed E-state index contributed by atoms with van der Waals surface area (Å²) >= 11 is 0. The molecule has 0 aromatic heterocycles. The van der Waals surface area contributed by atoms with Gasteiger partial charge in [0.25, 0.3) is 5.78 Å². The van der Waals surface area contributed by atoms with E-state index < -0.39 is 5.92 Å². The molecule has 1 atom stereocenters. The number of ketones is 1. The molecule has 0 heterocycles. The highest BCUT2D eigenvalue weighted by molar-refractivity contribution is 5.92. The number of hydrogen-bond acceptors (Lipinski definition) is 2. The van der Waals surface area contributed by atoms with E-state index in [-0.39, 0.29) is 5.78 Å². The molecule has 0 saturated heterocycles. The van der Waals surface area contributed by atoms with Crippen LogP contribution in [0.4, 0.5) is 0 Å². The molecule has 16 heavy (non-hydrogen) atoms. The Labute approximate surface area is 95.4 Å². The average Bonchev–Trinajstić information content (AvgIpc) is 2.30. The van der Waals surface area contributed by atoms with Crippen molar-refractivity contribution in [3.8, 4) is 0 Å². The van der Waals surface area contributed by atoms with Gasteiger partial charge in [-0.25, -0.2) is 0 Å². The summed E-state index contributed by atoms with van der Waals surface area (Å²) in [6, 6.07) is 9.84. The fourth-order valence-corrected chi connectivity index (χ4v) is 1.35. The summed E-state index contributed by atoms with van der Waals surface area (Å²) < 4.78 is 5.42. The third-order valence-electron chi connectivity index (χ3n) is 2.39. The molecule has 0 amide bonds. The molecule has 0 aliphatic rings. The molecule has 0 saturated carbocycles. The van der Waals surface area contributed by atoms with Crippen LogP contribution in [-0.2, 0) is 16.1 Å². The van der Waals surface area contributed by atoms with Gasteiger partial charge in [-0.1, -0.05) is 30.3 Å². The maximum Gasteiger partial charge on any atom is 0.300 e. The monoisotopic (exact) mass is 221 g/mol. The van der Waals surface area contributed by atoms with Gasteiger partial charge in [0, 0.05) is 13.5 Å². The molecule has 86 valence electrons. The summed E-state index contributed by atoms with van der Waals surface area (Å²) in [5, 5.41) is 0. The van der Waals surface area contributed by atoms with Gasteiger partial charge in [0.1, 0.15) is 12.2 Å². The van der Waals surface area contributed by atoms with Crippen LogP contribution in [0.2, 0.25) is 0 Å². The van der Waals surface area contributed by atoms with Crippen molar-refractivity contribution in [2.45, 2.75) is 20.0 Å². The largest absolute Gasteiger partial charge is 0.377 e. The van der Waals surface area contributed by atoms with E-state index in [0.717, 1.165) is 11.8 Å². The fraction of sp³-hybridized carbons (Fsp3) is 0.385. The van der Waals surface area contributed by atoms with Crippen molar-refractivity contribution >= 4 is 12.1 Å². The number of ether oxygens (including phenoxy) is 1. The van der Waals surface area contributed by atoms with Crippen molar-refractivity contribution in [1.29, 1.82) is 0 Å². The van der Waals surface area contributed by atoms with Crippen LogP contribution in [0.3, 0.4) is 0 Å². The highest BCUT2D eigenvalue weighted by Crippen LogP contribution is 2.04. The fourth-order valence-electron chi connectivity index (χ4n) is 1.35. The molecule has 0 fully saturated rings. The molecule has 0 spiro atoms. The number of carbonyl (C=O) groups excluding carboxylic acids is 2. The zero-order valence-electron chi connectivity index (χ0n) is 9.43. The van der Waals surface area contributed by atoms with Crippen molar-refractivity contribution in [2.24, 2.45) is 5.92 Å². The van der Waals surface area contributed by atoms with E-state index in [2.05, 4.69) is 0 Å². The highest BCUT2D eigenvalue weighted by atomic mass is 16.5. The minimum absolute atomic E-state index is 0.151. The number of benzene rings is 1. The quantitative estimate of drug-likeness (QED) is 0.306. The smallest absolute Gasteiger partial charge is 0.300 e. The molecule has 1 aromatic rings. The Balaban J connectivity index is 2.21. The summed E-state index contributed by atoms with van der Waals surface area (Å²) in [4.78, 5) is 19.7. The summed E-state index contributed by atoms with van der Waals surface area (Å²) in [6.07, 6.45) is 1.28. The average molecular weight is 221 g/mol. The molecule has 3 nitrogen and oxygen atoms in total. The second-order valence-electron chi connectivity index (χ2n) is 3.71. The summed E-state index contributed by atoms with van der Waals surface area (Å²) in [5.74, 6) is -0.255. The normalized spacial score (nSPS) is 12.1. The molecule has 0 aliphatic heterocycles. The first kappa shape index (κ1) is 12.6. The first-order valence-electron chi connectivity index (χ1n) is 5.33. The topological polar surface area (TPSA) is 47.7 Å².